The highest BCUT2D eigenvalue weighted by atomic mass is 33.1. The van der Waals surface area contributed by atoms with Gasteiger partial charge in [-0.25, -0.2) is 0 Å². The van der Waals surface area contributed by atoms with Crippen molar-refractivity contribution in [3.63, 3.8) is 0 Å². The quantitative estimate of drug-likeness (QED) is 0.369. The fraction of sp³-hybridized carbons (Fsp3) is 0. The first kappa shape index (κ1) is 4.21. The lowest BCUT2D eigenvalue weighted by molar-refractivity contribution is 1.46. The molecule has 2 nitrogen and oxygen atoms in total. The summed E-state index contributed by atoms with van der Waals surface area (Å²) >= 11 is 0. The van der Waals surface area contributed by atoms with Gasteiger partial charge in [-0.2, -0.15) is 0 Å². The first-order chi connectivity index (χ1) is 2.89. The molecule has 0 bridgehead atoms. The minimum Gasteiger partial charge on any atom is -0.326 e. The number of hydrogen-bond donors (Lipinski definition) is 2. The molecule has 0 spiro atoms. The molecule has 1 atom stereocenters. The lowest BCUT2D eigenvalue weighted by Crippen LogP contribution is -1.79. The van der Waals surface area contributed by atoms with Crippen LogP contribution in [-0.2, 0) is 9.72 Å². The van der Waals surface area contributed by atoms with Gasteiger partial charge in [-0.15, -0.1) is 0 Å². The highest BCUT2D eigenvalue weighted by Gasteiger charge is 1.91. The van der Waals surface area contributed by atoms with E-state index in [1.165, 1.54) is 11.0 Å². The maximum atomic E-state index is 6.97. The van der Waals surface area contributed by atoms with E-state index < -0.39 is 0 Å². The molecule has 1 aliphatic heterocycles. The van der Waals surface area contributed by atoms with Gasteiger partial charge in [0.2, 0.25) is 0 Å². The summed E-state index contributed by atoms with van der Waals surface area (Å²) in [6.07, 6.45) is 1.79. The van der Waals surface area contributed by atoms with Crippen molar-refractivity contribution in [2.75, 3.05) is 0 Å². The van der Waals surface area contributed by atoms with Crippen LogP contribution in [0.1, 0.15) is 0 Å². The summed E-state index contributed by atoms with van der Waals surface area (Å²) in [6.45, 7) is 0. The third kappa shape index (κ3) is 0.753. The van der Waals surface area contributed by atoms with E-state index in [0.717, 1.165) is 0 Å². The van der Waals surface area contributed by atoms with Crippen molar-refractivity contribution < 1.29 is 0 Å². The second-order valence-corrected chi connectivity index (χ2v) is 3.65. The topological polar surface area (TPSA) is 35.9 Å². The van der Waals surface area contributed by atoms with Gasteiger partial charge in [0.15, 0.2) is 0 Å². The third-order valence-corrected chi connectivity index (χ3v) is 2.35. The van der Waals surface area contributed by atoms with E-state index in [2.05, 4.69) is 4.72 Å². The SMILES string of the molecule is N=S1C=CNS1. The minimum absolute atomic E-state index is 0.298. The molecule has 0 radical (unpaired) electrons. The summed E-state index contributed by atoms with van der Waals surface area (Å²) in [5.41, 5.74) is 0. The predicted molar refractivity (Wildman–Crippen MR) is 30.0 cm³/mol. The van der Waals surface area contributed by atoms with E-state index >= 15 is 0 Å². The van der Waals surface area contributed by atoms with Crippen molar-refractivity contribution >= 4 is 20.7 Å². The van der Waals surface area contributed by atoms with Gasteiger partial charge in [0.25, 0.3) is 0 Å². The Morgan fingerprint density at radius 3 is 2.83 bits per heavy atom. The first-order valence-electron chi connectivity index (χ1n) is 1.43. The van der Waals surface area contributed by atoms with E-state index in [9.17, 15) is 0 Å². The second kappa shape index (κ2) is 1.66. The molecule has 4 heteroatoms. The van der Waals surface area contributed by atoms with Crippen molar-refractivity contribution in [1.29, 1.82) is 4.78 Å². The zero-order valence-corrected chi connectivity index (χ0v) is 4.60. The Kier molecular flexibility index (Phi) is 1.16. The zero-order valence-electron chi connectivity index (χ0n) is 2.97. The summed E-state index contributed by atoms with van der Waals surface area (Å²) in [5, 5.41) is 1.82. The maximum absolute atomic E-state index is 6.97. The molecule has 0 fully saturated rings. The third-order valence-electron chi connectivity index (χ3n) is 0.398. The molecule has 0 saturated heterocycles. The van der Waals surface area contributed by atoms with Crippen LogP contribution in [-0.4, -0.2) is 0 Å². The molecule has 1 unspecified atom stereocenters. The van der Waals surface area contributed by atoms with Gasteiger partial charge >= 0.3 is 0 Å². The van der Waals surface area contributed by atoms with Crippen LogP contribution in [0.2, 0.25) is 0 Å². The maximum Gasteiger partial charge on any atom is 0.0339 e. The zero-order chi connectivity index (χ0) is 4.41. The average Bonchev–Trinajstić information content (AvgIpc) is 1.86. The van der Waals surface area contributed by atoms with Crippen LogP contribution < -0.4 is 4.72 Å². The van der Waals surface area contributed by atoms with Gasteiger partial charge in [0.1, 0.15) is 0 Å². The molecule has 0 saturated carbocycles. The van der Waals surface area contributed by atoms with Crippen molar-refractivity contribution in [3.05, 3.63) is 11.6 Å². The van der Waals surface area contributed by atoms with Crippen LogP contribution in [0.4, 0.5) is 0 Å². The van der Waals surface area contributed by atoms with Crippen LogP contribution in [0.25, 0.3) is 0 Å². The Balaban J connectivity index is 2.59. The van der Waals surface area contributed by atoms with Crippen molar-refractivity contribution in [3.8, 4) is 0 Å². The summed E-state index contributed by atoms with van der Waals surface area (Å²) in [5.74, 6) is 0. The lowest BCUT2D eigenvalue weighted by atomic mass is 11.1. The molecule has 1 rings (SSSR count). The Bertz CT molecular complexity index is 97.7. The Labute approximate surface area is 42.4 Å². The lowest BCUT2D eigenvalue weighted by Gasteiger charge is -1.81. The molecular formula is C2H4N2S2. The fourth-order valence-electron chi connectivity index (χ4n) is 0.197. The van der Waals surface area contributed by atoms with Gasteiger partial charge < -0.3 is 4.72 Å². The number of hydrogen-bond acceptors (Lipinski definition) is 3. The molecule has 1 aliphatic rings. The van der Waals surface area contributed by atoms with Crippen molar-refractivity contribution in [2.45, 2.75) is 0 Å². The van der Waals surface area contributed by atoms with Crippen molar-refractivity contribution in [2.24, 2.45) is 0 Å². The molecule has 0 aromatic heterocycles. The highest BCUT2D eigenvalue weighted by Crippen LogP contribution is 2.09. The largest absolute Gasteiger partial charge is 0.326 e. The van der Waals surface area contributed by atoms with Crippen molar-refractivity contribution in [1.82, 2.24) is 4.72 Å². The van der Waals surface area contributed by atoms with Gasteiger partial charge in [0, 0.05) is 32.3 Å². The predicted octanol–water partition coefficient (Wildman–Crippen LogP) is 1.00. The number of nitrogens with one attached hydrogen (secondary N) is 2. The molecule has 0 aromatic rings. The van der Waals surface area contributed by atoms with Crippen LogP contribution >= 0.6 is 11.0 Å². The molecule has 34 valence electrons. The summed E-state index contributed by atoms with van der Waals surface area (Å²) < 4.78 is 9.81. The molecule has 2 N–H and O–H groups in total. The standard InChI is InChI=1S/C2H4N2S2/c3-6-2-1-4-5-6/h1-4H. The average molecular weight is 120 g/mol. The molecule has 6 heavy (non-hydrogen) atoms. The molecule has 0 amide bonds. The van der Waals surface area contributed by atoms with E-state index in [4.69, 9.17) is 4.78 Å². The summed E-state index contributed by atoms with van der Waals surface area (Å²) in [7, 11) is 1.13. The Hall–Kier alpha value is 0.0400. The summed E-state index contributed by atoms with van der Waals surface area (Å²) in [4.78, 5) is 0. The van der Waals surface area contributed by atoms with Gasteiger partial charge in [-0.05, 0) is 0 Å². The first-order valence-corrected chi connectivity index (χ1v) is 4.05. The van der Waals surface area contributed by atoms with Gasteiger partial charge in [0.05, 0.1) is 0 Å². The fourth-order valence-corrected chi connectivity index (χ4v) is 1.57. The Morgan fingerprint density at radius 2 is 2.67 bits per heavy atom. The smallest absolute Gasteiger partial charge is 0.0339 e. The van der Waals surface area contributed by atoms with Crippen LogP contribution in [0.3, 0.4) is 0 Å². The molecule has 0 aromatic carbocycles. The van der Waals surface area contributed by atoms with Gasteiger partial charge in [-0.1, -0.05) is 0 Å². The van der Waals surface area contributed by atoms with Crippen LogP contribution in [0.15, 0.2) is 11.6 Å². The van der Waals surface area contributed by atoms with Gasteiger partial charge in [-0.3, -0.25) is 4.78 Å². The molecule has 0 aliphatic carbocycles. The van der Waals surface area contributed by atoms with E-state index in [1.54, 1.807) is 6.20 Å². The molecule has 1 heterocycles. The van der Waals surface area contributed by atoms with E-state index in [0.29, 0.717) is 0 Å². The highest BCUT2D eigenvalue weighted by molar-refractivity contribution is 8.70. The normalized spacial score (nSPS) is 30.3. The minimum atomic E-state index is -0.298. The Morgan fingerprint density at radius 1 is 1.83 bits per heavy atom. The van der Waals surface area contributed by atoms with E-state index in [-0.39, 0.29) is 9.72 Å². The second-order valence-electron chi connectivity index (χ2n) is 0.801. The van der Waals surface area contributed by atoms with Crippen LogP contribution in [0.5, 0.6) is 0 Å². The monoisotopic (exact) mass is 120 g/mol. The summed E-state index contributed by atoms with van der Waals surface area (Å²) in [6, 6.07) is 0. The molecular weight excluding hydrogens is 116 g/mol. The van der Waals surface area contributed by atoms with Crippen LogP contribution in [0, 0.1) is 4.78 Å². The van der Waals surface area contributed by atoms with E-state index in [1.807, 2.05) is 5.41 Å². The number of rotatable bonds is 0.